The Morgan fingerprint density at radius 2 is 1.67 bits per heavy atom. The highest BCUT2D eigenvalue weighted by atomic mass is 79.9. The van der Waals surface area contributed by atoms with Crippen molar-refractivity contribution in [2.45, 2.75) is 57.6 Å². The SMILES string of the molecule is CC[C@H](C)NC(=O)[C@H](C)N(Cc1ccccc1Cl)C(=O)CN(c1cccc(Br)c1)S(=O)(=O)c1ccc(C)cc1. The van der Waals surface area contributed by atoms with Crippen LogP contribution in [0.4, 0.5) is 5.69 Å². The van der Waals surface area contributed by atoms with Gasteiger partial charge in [0.05, 0.1) is 10.6 Å². The molecule has 39 heavy (non-hydrogen) atoms. The van der Waals surface area contributed by atoms with Crippen molar-refractivity contribution >= 4 is 55.1 Å². The molecule has 0 fully saturated rings. The Hall–Kier alpha value is -2.88. The van der Waals surface area contributed by atoms with Gasteiger partial charge in [-0.05, 0) is 69.2 Å². The number of benzene rings is 3. The maximum absolute atomic E-state index is 13.9. The highest BCUT2D eigenvalue weighted by Gasteiger charge is 2.33. The van der Waals surface area contributed by atoms with E-state index < -0.39 is 28.5 Å². The van der Waals surface area contributed by atoms with Crippen molar-refractivity contribution in [2.75, 3.05) is 10.8 Å². The highest BCUT2D eigenvalue weighted by molar-refractivity contribution is 9.10. The number of carbonyl (C=O) groups excluding carboxylic acids is 2. The molecule has 0 saturated heterocycles. The van der Waals surface area contributed by atoms with E-state index in [0.29, 0.717) is 20.7 Å². The van der Waals surface area contributed by atoms with Gasteiger partial charge in [-0.15, -0.1) is 0 Å². The van der Waals surface area contributed by atoms with Crippen LogP contribution in [0.1, 0.15) is 38.3 Å². The maximum Gasteiger partial charge on any atom is 0.264 e. The number of hydrogen-bond acceptors (Lipinski definition) is 4. The molecule has 3 rings (SSSR count). The zero-order chi connectivity index (χ0) is 28.7. The molecule has 7 nitrogen and oxygen atoms in total. The van der Waals surface area contributed by atoms with Gasteiger partial charge in [-0.3, -0.25) is 13.9 Å². The van der Waals surface area contributed by atoms with Crippen molar-refractivity contribution in [3.8, 4) is 0 Å². The largest absolute Gasteiger partial charge is 0.352 e. The Bertz CT molecular complexity index is 1420. The predicted octanol–water partition coefficient (Wildman–Crippen LogP) is 5.94. The maximum atomic E-state index is 13.9. The lowest BCUT2D eigenvalue weighted by Crippen LogP contribution is -2.52. The molecule has 3 aromatic rings. The van der Waals surface area contributed by atoms with Crippen molar-refractivity contribution in [1.82, 2.24) is 10.2 Å². The first-order valence-electron chi connectivity index (χ1n) is 12.6. The molecule has 0 saturated carbocycles. The second-order valence-corrected chi connectivity index (χ2v) is 12.6. The second-order valence-electron chi connectivity index (χ2n) is 9.41. The van der Waals surface area contributed by atoms with Crippen LogP contribution in [-0.2, 0) is 26.2 Å². The van der Waals surface area contributed by atoms with Gasteiger partial charge in [0.2, 0.25) is 11.8 Å². The lowest BCUT2D eigenvalue weighted by atomic mass is 10.1. The van der Waals surface area contributed by atoms with Gasteiger partial charge in [0.15, 0.2) is 0 Å². The quantitative estimate of drug-likeness (QED) is 0.283. The molecule has 0 spiro atoms. The number of aryl methyl sites for hydroxylation is 1. The third kappa shape index (κ3) is 7.84. The molecular weight excluding hydrogens is 602 g/mol. The fourth-order valence-electron chi connectivity index (χ4n) is 3.86. The van der Waals surface area contributed by atoms with Gasteiger partial charge in [0.25, 0.3) is 10.0 Å². The molecule has 2 atom stereocenters. The summed E-state index contributed by atoms with van der Waals surface area (Å²) in [5, 5.41) is 3.36. The van der Waals surface area contributed by atoms with Gasteiger partial charge < -0.3 is 10.2 Å². The molecule has 3 aromatic carbocycles. The third-order valence-electron chi connectivity index (χ3n) is 6.45. The normalized spacial score (nSPS) is 12.9. The molecule has 0 heterocycles. The third-order valence-corrected chi connectivity index (χ3v) is 9.10. The molecule has 208 valence electrons. The van der Waals surface area contributed by atoms with Crippen LogP contribution in [-0.4, -0.2) is 43.8 Å². The summed E-state index contributed by atoms with van der Waals surface area (Å²) in [5.74, 6) is -0.877. The number of anilines is 1. The number of amides is 2. The average molecular weight is 635 g/mol. The summed E-state index contributed by atoms with van der Waals surface area (Å²) in [6, 6.07) is 19.3. The first kappa shape index (κ1) is 30.7. The van der Waals surface area contributed by atoms with Crippen molar-refractivity contribution in [3.05, 3.63) is 93.4 Å². The molecular formula is C29H33BrClN3O4S. The Kier molecular flexibility index (Phi) is 10.6. The van der Waals surface area contributed by atoms with Crippen LogP contribution in [0.15, 0.2) is 82.2 Å². The topological polar surface area (TPSA) is 86.8 Å². The first-order chi connectivity index (χ1) is 18.4. The molecule has 0 aliphatic heterocycles. The monoisotopic (exact) mass is 633 g/mol. The van der Waals surface area contributed by atoms with Crippen molar-refractivity contribution in [2.24, 2.45) is 0 Å². The number of nitrogens with one attached hydrogen (secondary N) is 1. The zero-order valence-electron chi connectivity index (χ0n) is 22.4. The van der Waals surface area contributed by atoms with Crippen LogP contribution < -0.4 is 9.62 Å². The number of carbonyl (C=O) groups is 2. The number of halogens is 2. The summed E-state index contributed by atoms with van der Waals surface area (Å²) in [6.45, 7) is 6.85. The van der Waals surface area contributed by atoms with Crippen LogP contribution >= 0.6 is 27.5 Å². The van der Waals surface area contributed by atoms with Crippen molar-refractivity contribution in [1.29, 1.82) is 0 Å². The predicted molar refractivity (Wildman–Crippen MR) is 159 cm³/mol. The Morgan fingerprint density at radius 3 is 2.28 bits per heavy atom. The van der Waals surface area contributed by atoms with Crippen LogP contribution in [0.5, 0.6) is 0 Å². The van der Waals surface area contributed by atoms with Gasteiger partial charge in [-0.1, -0.05) is 76.4 Å². The average Bonchev–Trinajstić information content (AvgIpc) is 2.90. The van der Waals surface area contributed by atoms with Crippen LogP contribution in [0.2, 0.25) is 5.02 Å². The van der Waals surface area contributed by atoms with Crippen molar-refractivity contribution < 1.29 is 18.0 Å². The van der Waals surface area contributed by atoms with Gasteiger partial charge in [0, 0.05) is 22.1 Å². The lowest BCUT2D eigenvalue weighted by Gasteiger charge is -2.32. The summed E-state index contributed by atoms with van der Waals surface area (Å²) in [4.78, 5) is 28.5. The molecule has 2 amide bonds. The van der Waals surface area contributed by atoms with E-state index in [1.807, 2.05) is 20.8 Å². The fourth-order valence-corrected chi connectivity index (χ4v) is 5.84. The van der Waals surface area contributed by atoms with E-state index in [1.54, 1.807) is 67.6 Å². The molecule has 1 N–H and O–H groups in total. The van der Waals surface area contributed by atoms with E-state index in [1.165, 1.54) is 17.0 Å². The Morgan fingerprint density at radius 1 is 1.00 bits per heavy atom. The molecule has 0 bridgehead atoms. The smallest absolute Gasteiger partial charge is 0.264 e. The van der Waals surface area contributed by atoms with Crippen molar-refractivity contribution in [3.63, 3.8) is 0 Å². The van der Waals surface area contributed by atoms with E-state index in [9.17, 15) is 18.0 Å². The van der Waals surface area contributed by atoms with E-state index >= 15 is 0 Å². The van der Waals surface area contributed by atoms with E-state index in [2.05, 4.69) is 21.2 Å². The van der Waals surface area contributed by atoms with Crippen LogP contribution in [0.3, 0.4) is 0 Å². The number of hydrogen-bond donors (Lipinski definition) is 1. The minimum Gasteiger partial charge on any atom is -0.352 e. The van der Waals surface area contributed by atoms with E-state index in [4.69, 9.17) is 11.6 Å². The fraction of sp³-hybridized carbons (Fsp3) is 0.310. The van der Waals surface area contributed by atoms with Gasteiger partial charge in [-0.25, -0.2) is 8.42 Å². The van der Waals surface area contributed by atoms with Gasteiger partial charge in [-0.2, -0.15) is 0 Å². The highest BCUT2D eigenvalue weighted by Crippen LogP contribution is 2.27. The summed E-state index contributed by atoms with van der Waals surface area (Å²) < 4.78 is 29.4. The summed E-state index contributed by atoms with van der Waals surface area (Å²) >= 11 is 9.80. The first-order valence-corrected chi connectivity index (χ1v) is 15.2. The molecule has 0 aliphatic carbocycles. The summed E-state index contributed by atoms with van der Waals surface area (Å²) in [6.07, 6.45) is 0.725. The summed E-state index contributed by atoms with van der Waals surface area (Å²) in [7, 11) is -4.13. The second kappa shape index (κ2) is 13.5. The molecule has 0 radical (unpaired) electrons. The summed E-state index contributed by atoms with van der Waals surface area (Å²) in [5.41, 5.74) is 1.87. The van der Waals surface area contributed by atoms with E-state index in [0.717, 1.165) is 16.3 Å². The molecule has 10 heteroatoms. The minimum atomic E-state index is -4.13. The Labute approximate surface area is 244 Å². The van der Waals surface area contributed by atoms with E-state index in [-0.39, 0.29) is 23.4 Å². The number of nitrogens with zero attached hydrogens (tertiary/aromatic N) is 2. The zero-order valence-corrected chi connectivity index (χ0v) is 25.6. The lowest BCUT2D eigenvalue weighted by molar-refractivity contribution is -0.139. The van der Waals surface area contributed by atoms with Crippen LogP contribution in [0, 0.1) is 6.92 Å². The molecule has 0 aliphatic rings. The van der Waals surface area contributed by atoms with Gasteiger partial charge >= 0.3 is 0 Å². The van der Waals surface area contributed by atoms with Crippen LogP contribution in [0.25, 0.3) is 0 Å². The number of rotatable bonds is 11. The minimum absolute atomic E-state index is 0.0322. The van der Waals surface area contributed by atoms with Gasteiger partial charge in [0.1, 0.15) is 12.6 Å². The molecule has 0 unspecified atom stereocenters. The Balaban J connectivity index is 2.04. The molecule has 0 aromatic heterocycles. The standard InChI is InChI=1S/C29H33BrClN3O4S/c1-5-21(3)32-29(36)22(4)33(18-23-9-6-7-12-27(23)31)28(35)19-34(25-11-8-10-24(30)17-25)39(37,38)26-15-13-20(2)14-16-26/h6-17,21-22H,5,18-19H2,1-4H3,(H,32,36)/t21-,22-/m0/s1. The number of sulfonamides is 1.